The summed E-state index contributed by atoms with van der Waals surface area (Å²) < 4.78 is 13.4. The Morgan fingerprint density at radius 3 is 2.09 bits per heavy atom. The maximum absolute atomic E-state index is 13.4. The maximum atomic E-state index is 13.4. The van der Waals surface area contributed by atoms with E-state index in [2.05, 4.69) is 0 Å². The van der Waals surface area contributed by atoms with E-state index >= 15 is 0 Å². The Morgan fingerprint density at radius 1 is 0.909 bits per heavy atom. The molecule has 166 valence electrons. The Kier molecular flexibility index (Phi) is 5.79. The monoisotopic (exact) mass is 445 g/mol. The number of carboxylic acid groups (broad SMARTS) is 1. The quantitative estimate of drug-likeness (QED) is 0.345. The van der Waals surface area contributed by atoms with E-state index in [1.165, 1.54) is 17.0 Å². The number of aliphatic carboxylic acids is 1. The fraction of sp³-hybridized carbons (Fsp3) is 0.115. The molecule has 0 saturated carbocycles. The van der Waals surface area contributed by atoms with Crippen LogP contribution in [-0.4, -0.2) is 27.9 Å². The predicted molar refractivity (Wildman–Crippen MR) is 120 cm³/mol. The molecule has 4 rings (SSSR count). The molecule has 0 aromatic heterocycles. The minimum absolute atomic E-state index is 0.106. The second-order valence-corrected chi connectivity index (χ2v) is 7.82. The Balaban J connectivity index is 1.87. The van der Waals surface area contributed by atoms with Crippen LogP contribution in [0, 0.1) is 12.7 Å². The number of carboxylic acids is 1. The molecule has 0 spiro atoms. The number of halogens is 1. The zero-order valence-electron chi connectivity index (χ0n) is 17.7. The number of hydrogen-bond donors (Lipinski definition) is 2. The molecule has 1 atom stereocenters. The van der Waals surface area contributed by atoms with Gasteiger partial charge in [0.1, 0.15) is 11.6 Å². The van der Waals surface area contributed by atoms with Crippen molar-refractivity contribution in [1.82, 2.24) is 0 Å². The van der Waals surface area contributed by atoms with Crippen LogP contribution in [0.2, 0.25) is 0 Å². The van der Waals surface area contributed by atoms with Gasteiger partial charge in [0, 0.05) is 11.3 Å². The number of carbonyl (C=O) groups is 3. The van der Waals surface area contributed by atoms with E-state index in [0.717, 1.165) is 17.7 Å². The molecule has 3 aromatic rings. The molecule has 0 bridgehead atoms. The first kappa shape index (κ1) is 22.0. The molecule has 1 amide bonds. The average Bonchev–Trinajstić information content (AvgIpc) is 3.05. The molecule has 3 aromatic carbocycles. The van der Waals surface area contributed by atoms with Crippen LogP contribution in [0.1, 0.15) is 28.3 Å². The summed E-state index contributed by atoms with van der Waals surface area (Å²) >= 11 is 0. The highest BCUT2D eigenvalue weighted by Gasteiger charge is 2.46. The second-order valence-electron chi connectivity index (χ2n) is 7.82. The number of hydrogen-bond acceptors (Lipinski definition) is 4. The van der Waals surface area contributed by atoms with Gasteiger partial charge >= 0.3 is 5.97 Å². The number of benzene rings is 3. The van der Waals surface area contributed by atoms with Gasteiger partial charge in [-0.3, -0.25) is 19.3 Å². The predicted octanol–water partition coefficient (Wildman–Crippen LogP) is 4.39. The Hall–Kier alpha value is -4.26. The summed E-state index contributed by atoms with van der Waals surface area (Å²) in [6.07, 6.45) is -0.176. The van der Waals surface area contributed by atoms with Crippen LogP contribution in [0.4, 0.5) is 10.1 Å². The normalized spacial score (nSPS) is 17.4. The van der Waals surface area contributed by atoms with E-state index in [4.69, 9.17) is 5.11 Å². The number of aliphatic hydroxyl groups is 1. The van der Waals surface area contributed by atoms with Crippen LogP contribution in [0.3, 0.4) is 0 Å². The SMILES string of the molecule is Cc1ccc(C2/C(=C(\O)c3ccc(F)cc3)C(=O)C(=O)N2c2ccc(CC(=O)O)cc2)cc1. The number of carbonyl (C=O) groups excluding carboxylic acids is 2. The highest BCUT2D eigenvalue weighted by Crippen LogP contribution is 2.42. The van der Waals surface area contributed by atoms with Gasteiger partial charge in [-0.1, -0.05) is 42.0 Å². The van der Waals surface area contributed by atoms with Crippen molar-refractivity contribution in [1.29, 1.82) is 0 Å². The molecule has 6 nitrogen and oxygen atoms in total. The second kappa shape index (κ2) is 8.70. The number of nitrogens with zero attached hydrogens (tertiary/aromatic N) is 1. The molecule has 1 saturated heterocycles. The van der Waals surface area contributed by atoms with Crippen molar-refractivity contribution in [3.63, 3.8) is 0 Å². The third kappa shape index (κ3) is 4.25. The summed E-state index contributed by atoms with van der Waals surface area (Å²) in [5, 5.41) is 20.0. The van der Waals surface area contributed by atoms with Gasteiger partial charge < -0.3 is 10.2 Å². The fourth-order valence-corrected chi connectivity index (χ4v) is 3.88. The maximum Gasteiger partial charge on any atom is 0.307 e. The number of aliphatic hydroxyl groups excluding tert-OH is 1. The molecular formula is C26H20FNO5. The molecule has 7 heteroatoms. The standard InChI is InChI=1S/C26H20FNO5/c1-15-2-6-17(7-3-15)23-22(24(31)18-8-10-19(27)11-9-18)25(32)26(33)28(23)20-12-4-16(5-13-20)14-21(29)30/h2-13,23,31H,14H2,1H3,(H,29,30)/b24-22+. The highest BCUT2D eigenvalue weighted by atomic mass is 19.1. The number of ketones is 1. The molecular weight excluding hydrogens is 425 g/mol. The largest absolute Gasteiger partial charge is 0.507 e. The van der Waals surface area contributed by atoms with Crippen LogP contribution in [0.25, 0.3) is 5.76 Å². The molecule has 2 N–H and O–H groups in total. The van der Waals surface area contributed by atoms with E-state index in [-0.39, 0.29) is 17.6 Å². The average molecular weight is 445 g/mol. The van der Waals surface area contributed by atoms with Gasteiger partial charge in [0.15, 0.2) is 0 Å². The van der Waals surface area contributed by atoms with Crippen LogP contribution >= 0.6 is 0 Å². The van der Waals surface area contributed by atoms with Gasteiger partial charge in [-0.15, -0.1) is 0 Å². The molecule has 0 aliphatic carbocycles. The third-order valence-corrected chi connectivity index (χ3v) is 5.53. The summed E-state index contributed by atoms with van der Waals surface area (Å²) in [5.74, 6) is -3.57. The molecule has 1 aliphatic rings. The van der Waals surface area contributed by atoms with E-state index in [1.807, 2.05) is 19.1 Å². The van der Waals surface area contributed by atoms with Gasteiger partial charge in [-0.25, -0.2) is 4.39 Å². The van der Waals surface area contributed by atoms with E-state index < -0.39 is 35.3 Å². The summed E-state index contributed by atoms with van der Waals surface area (Å²) in [4.78, 5) is 38.4. The van der Waals surface area contributed by atoms with Crippen LogP contribution in [-0.2, 0) is 20.8 Å². The Bertz CT molecular complexity index is 1260. The van der Waals surface area contributed by atoms with Crippen molar-refractivity contribution in [3.8, 4) is 0 Å². The number of rotatable bonds is 5. The third-order valence-electron chi connectivity index (χ3n) is 5.53. The summed E-state index contributed by atoms with van der Waals surface area (Å²) in [5.41, 5.74) is 2.62. The Labute approximate surface area is 189 Å². The molecule has 1 fully saturated rings. The lowest BCUT2D eigenvalue weighted by Crippen LogP contribution is -2.29. The minimum Gasteiger partial charge on any atom is -0.507 e. The first-order valence-electron chi connectivity index (χ1n) is 10.2. The Morgan fingerprint density at radius 2 is 1.52 bits per heavy atom. The number of anilines is 1. The lowest BCUT2D eigenvalue weighted by Gasteiger charge is -2.25. The van der Waals surface area contributed by atoms with E-state index in [1.54, 1.807) is 36.4 Å². The van der Waals surface area contributed by atoms with Gasteiger partial charge in [0.2, 0.25) is 0 Å². The first-order chi connectivity index (χ1) is 15.8. The minimum atomic E-state index is -0.984. The number of Topliss-reactive ketones (excluding diaryl/α,β-unsaturated/α-hetero) is 1. The van der Waals surface area contributed by atoms with Gasteiger partial charge in [0.25, 0.3) is 11.7 Å². The molecule has 1 aliphatic heterocycles. The molecule has 0 radical (unpaired) electrons. The lowest BCUT2D eigenvalue weighted by molar-refractivity contribution is -0.136. The van der Waals surface area contributed by atoms with Crippen LogP contribution < -0.4 is 4.90 Å². The van der Waals surface area contributed by atoms with Crippen molar-refractivity contribution in [2.45, 2.75) is 19.4 Å². The lowest BCUT2D eigenvalue weighted by atomic mass is 9.94. The summed E-state index contributed by atoms with van der Waals surface area (Å²) in [6, 6.07) is 17.6. The van der Waals surface area contributed by atoms with Crippen molar-refractivity contribution in [3.05, 3.63) is 106 Å². The number of amides is 1. The van der Waals surface area contributed by atoms with Crippen molar-refractivity contribution in [2.24, 2.45) is 0 Å². The van der Waals surface area contributed by atoms with E-state index in [0.29, 0.717) is 16.8 Å². The topological polar surface area (TPSA) is 94.9 Å². The number of aryl methyl sites for hydroxylation is 1. The molecule has 33 heavy (non-hydrogen) atoms. The van der Waals surface area contributed by atoms with Crippen LogP contribution in [0.5, 0.6) is 0 Å². The van der Waals surface area contributed by atoms with Crippen LogP contribution in [0.15, 0.2) is 78.4 Å². The fourth-order valence-electron chi connectivity index (χ4n) is 3.88. The zero-order chi connectivity index (χ0) is 23.7. The van der Waals surface area contributed by atoms with E-state index in [9.17, 15) is 23.9 Å². The summed E-state index contributed by atoms with van der Waals surface area (Å²) in [7, 11) is 0. The van der Waals surface area contributed by atoms with Gasteiger partial charge in [0.05, 0.1) is 18.0 Å². The smallest absolute Gasteiger partial charge is 0.307 e. The van der Waals surface area contributed by atoms with Crippen molar-refractivity contribution >= 4 is 29.1 Å². The summed E-state index contributed by atoms with van der Waals surface area (Å²) in [6.45, 7) is 1.90. The molecule has 1 unspecified atom stereocenters. The molecule has 1 heterocycles. The van der Waals surface area contributed by atoms with Crippen molar-refractivity contribution < 1.29 is 29.0 Å². The zero-order valence-corrected chi connectivity index (χ0v) is 17.7. The van der Waals surface area contributed by atoms with Crippen molar-refractivity contribution in [2.75, 3.05) is 4.90 Å². The highest BCUT2D eigenvalue weighted by molar-refractivity contribution is 6.51. The van der Waals surface area contributed by atoms with Gasteiger partial charge in [-0.2, -0.15) is 0 Å². The van der Waals surface area contributed by atoms with Gasteiger partial charge in [-0.05, 0) is 54.4 Å². The first-order valence-corrected chi connectivity index (χ1v) is 10.2.